The van der Waals surface area contributed by atoms with Crippen LogP contribution in [0.1, 0.15) is 32.1 Å². The summed E-state index contributed by atoms with van der Waals surface area (Å²) < 4.78 is 0. The van der Waals surface area contributed by atoms with Crippen molar-refractivity contribution in [2.75, 3.05) is 6.54 Å². The van der Waals surface area contributed by atoms with Crippen LogP contribution in [0.5, 0.6) is 0 Å². The molecule has 0 amide bonds. The topological polar surface area (TPSA) is 63.3 Å². The van der Waals surface area contributed by atoms with Crippen molar-refractivity contribution in [3.8, 4) is 0 Å². The Morgan fingerprint density at radius 1 is 1.54 bits per heavy atom. The van der Waals surface area contributed by atoms with Gasteiger partial charge in [-0.2, -0.15) is 0 Å². The fourth-order valence-electron chi connectivity index (χ4n) is 3.41. The Kier molecular flexibility index (Phi) is 2.06. The van der Waals surface area contributed by atoms with Crippen molar-refractivity contribution < 1.29 is 9.90 Å². The van der Waals surface area contributed by atoms with Crippen LogP contribution in [0.2, 0.25) is 0 Å². The first-order chi connectivity index (χ1) is 6.18. The van der Waals surface area contributed by atoms with Gasteiger partial charge in [-0.05, 0) is 36.6 Å². The van der Waals surface area contributed by atoms with E-state index >= 15 is 0 Å². The first-order valence-corrected chi connectivity index (χ1v) is 5.10. The molecule has 0 aliphatic heterocycles. The fraction of sp³-hybridized carbons (Fsp3) is 0.900. The highest BCUT2D eigenvalue weighted by Crippen LogP contribution is 2.60. The number of aliphatic carboxylic acids is 1. The third-order valence-electron chi connectivity index (χ3n) is 4.02. The molecule has 0 aromatic heterocycles. The molecule has 3 heteroatoms. The molecule has 0 aromatic carbocycles. The zero-order chi connectivity index (χ0) is 9.47. The lowest BCUT2D eigenvalue weighted by atomic mass is 9.53. The molecular formula is C10H17NO2. The molecule has 0 aromatic rings. The van der Waals surface area contributed by atoms with Crippen LogP contribution in [0, 0.1) is 17.3 Å². The van der Waals surface area contributed by atoms with Crippen LogP contribution >= 0.6 is 0 Å². The standard InChI is InChI=1S/C10H17NO2/c11-6-10(5-9(12)13)4-7-2-1-3-8(7)10/h7-8H,1-6,11H2,(H,12,13)/t7-,8-,10+/m0/s1. The molecule has 2 fully saturated rings. The lowest BCUT2D eigenvalue weighted by Crippen LogP contribution is -2.51. The molecule has 2 rings (SSSR count). The van der Waals surface area contributed by atoms with Crippen molar-refractivity contribution in [2.24, 2.45) is 23.0 Å². The van der Waals surface area contributed by atoms with Crippen molar-refractivity contribution in [3.63, 3.8) is 0 Å². The second kappa shape index (κ2) is 2.98. The van der Waals surface area contributed by atoms with E-state index in [9.17, 15) is 4.79 Å². The minimum Gasteiger partial charge on any atom is -0.481 e. The van der Waals surface area contributed by atoms with E-state index in [0.717, 1.165) is 12.3 Å². The molecule has 0 heterocycles. The Morgan fingerprint density at radius 2 is 2.31 bits per heavy atom. The first-order valence-electron chi connectivity index (χ1n) is 5.10. The van der Waals surface area contributed by atoms with Gasteiger partial charge in [-0.25, -0.2) is 0 Å². The van der Waals surface area contributed by atoms with Crippen molar-refractivity contribution in [1.29, 1.82) is 0 Å². The predicted molar refractivity (Wildman–Crippen MR) is 49.2 cm³/mol. The molecule has 0 bridgehead atoms. The number of nitrogens with two attached hydrogens (primary N) is 1. The van der Waals surface area contributed by atoms with Gasteiger partial charge in [0.1, 0.15) is 0 Å². The molecular weight excluding hydrogens is 166 g/mol. The Bertz CT molecular complexity index is 229. The van der Waals surface area contributed by atoms with Gasteiger partial charge in [0.05, 0.1) is 6.42 Å². The molecule has 3 nitrogen and oxygen atoms in total. The summed E-state index contributed by atoms with van der Waals surface area (Å²) in [5, 5.41) is 8.81. The summed E-state index contributed by atoms with van der Waals surface area (Å²) in [4.78, 5) is 10.7. The second-order valence-electron chi connectivity index (χ2n) is 4.64. The van der Waals surface area contributed by atoms with Gasteiger partial charge in [0.25, 0.3) is 0 Å². The summed E-state index contributed by atoms with van der Waals surface area (Å²) in [5.41, 5.74) is 5.68. The quantitative estimate of drug-likeness (QED) is 0.691. The summed E-state index contributed by atoms with van der Waals surface area (Å²) in [6.07, 6.45) is 5.11. The zero-order valence-corrected chi connectivity index (χ0v) is 7.83. The maximum atomic E-state index is 10.7. The molecule has 74 valence electrons. The smallest absolute Gasteiger partial charge is 0.303 e. The number of carbonyl (C=O) groups is 1. The first kappa shape index (κ1) is 9.00. The fourth-order valence-corrected chi connectivity index (χ4v) is 3.41. The molecule has 3 N–H and O–H groups in total. The Labute approximate surface area is 78.3 Å². The number of fused-ring (bicyclic) bond motifs is 1. The summed E-state index contributed by atoms with van der Waals surface area (Å²) in [6.45, 7) is 0.556. The molecule has 2 aliphatic rings. The van der Waals surface area contributed by atoms with Crippen molar-refractivity contribution in [2.45, 2.75) is 32.1 Å². The van der Waals surface area contributed by atoms with Gasteiger partial charge in [0.2, 0.25) is 0 Å². The molecule has 2 aliphatic carbocycles. The van der Waals surface area contributed by atoms with Crippen molar-refractivity contribution in [3.05, 3.63) is 0 Å². The monoisotopic (exact) mass is 183 g/mol. The van der Waals surface area contributed by atoms with Crippen LogP contribution in [0.25, 0.3) is 0 Å². The van der Waals surface area contributed by atoms with E-state index in [4.69, 9.17) is 10.8 Å². The van der Waals surface area contributed by atoms with E-state index in [1.807, 2.05) is 0 Å². The summed E-state index contributed by atoms with van der Waals surface area (Å²) in [6, 6.07) is 0. The maximum Gasteiger partial charge on any atom is 0.303 e. The molecule has 0 saturated heterocycles. The van der Waals surface area contributed by atoms with Crippen LogP contribution in [0.4, 0.5) is 0 Å². The number of carboxylic acids is 1. The van der Waals surface area contributed by atoms with Gasteiger partial charge < -0.3 is 10.8 Å². The summed E-state index contributed by atoms with van der Waals surface area (Å²) in [5.74, 6) is 0.729. The van der Waals surface area contributed by atoms with Gasteiger partial charge >= 0.3 is 5.97 Å². The van der Waals surface area contributed by atoms with E-state index in [0.29, 0.717) is 12.5 Å². The van der Waals surface area contributed by atoms with E-state index in [1.165, 1.54) is 19.3 Å². The van der Waals surface area contributed by atoms with Gasteiger partial charge in [-0.3, -0.25) is 4.79 Å². The largest absolute Gasteiger partial charge is 0.481 e. The average Bonchev–Trinajstić information content (AvgIpc) is 2.43. The Hall–Kier alpha value is -0.570. The molecule has 0 radical (unpaired) electrons. The molecule has 0 unspecified atom stereocenters. The normalized spacial score (nSPS) is 42.5. The van der Waals surface area contributed by atoms with Crippen LogP contribution in [0.15, 0.2) is 0 Å². The number of hydrogen-bond donors (Lipinski definition) is 2. The summed E-state index contributed by atoms with van der Waals surface area (Å²) >= 11 is 0. The second-order valence-corrected chi connectivity index (χ2v) is 4.64. The van der Waals surface area contributed by atoms with E-state index in [1.54, 1.807) is 0 Å². The highest BCUT2D eigenvalue weighted by molar-refractivity contribution is 5.68. The van der Waals surface area contributed by atoms with Gasteiger partial charge in [-0.15, -0.1) is 0 Å². The maximum absolute atomic E-state index is 10.7. The number of rotatable bonds is 3. The van der Waals surface area contributed by atoms with E-state index in [-0.39, 0.29) is 11.8 Å². The van der Waals surface area contributed by atoms with E-state index < -0.39 is 5.97 Å². The van der Waals surface area contributed by atoms with Crippen LogP contribution in [0.3, 0.4) is 0 Å². The number of carboxylic acid groups (broad SMARTS) is 1. The van der Waals surface area contributed by atoms with Gasteiger partial charge in [-0.1, -0.05) is 12.8 Å². The van der Waals surface area contributed by atoms with Gasteiger partial charge in [0, 0.05) is 0 Å². The number of hydrogen-bond acceptors (Lipinski definition) is 2. The third-order valence-corrected chi connectivity index (χ3v) is 4.02. The highest BCUT2D eigenvalue weighted by atomic mass is 16.4. The lowest BCUT2D eigenvalue weighted by molar-refractivity contribution is -0.145. The van der Waals surface area contributed by atoms with Crippen molar-refractivity contribution in [1.82, 2.24) is 0 Å². The van der Waals surface area contributed by atoms with Crippen LogP contribution < -0.4 is 5.73 Å². The molecule has 0 spiro atoms. The average molecular weight is 183 g/mol. The SMILES string of the molecule is NC[C@]1(CC(=O)O)C[C@@H]2CCC[C@@H]21. The minimum absolute atomic E-state index is 0.0347. The Morgan fingerprint density at radius 3 is 2.85 bits per heavy atom. The highest BCUT2D eigenvalue weighted by Gasteiger charge is 2.55. The summed E-state index contributed by atoms with van der Waals surface area (Å²) in [7, 11) is 0. The van der Waals surface area contributed by atoms with Gasteiger partial charge in [0.15, 0.2) is 0 Å². The van der Waals surface area contributed by atoms with Crippen LogP contribution in [-0.4, -0.2) is 17.6 Å². The Balaban J connectivity index is 2.05. The third kappa shape index (κ3) is 1.26. The molecule has 2 saturated carbocycles. The molecule has 13 heavy (non-hydrogen) atoms. The minimum atomic E-state index is -0.684. The van der Waals surface area contributed by atoms with Crippen LogP contribution in [-0.2, 0) is 4.79 Å². The van der Waals surface area contributed by atoms with E-state index in [2.05, 4.69) is 0 Å². The van der Waals surface area contributed by atoms with Crippen molar-refractivity contribution >= 4 is 5.97 Å². The predicted octanol–water partition coefficient (Wildman–Crippen LogP) is 1.23. The lowest BCUT2D eigenvalue weighted by Gasteiger charge is -2.51. The molecule has 3 atom stereocenters. The zero-order valence-electron chi connectivity index (χ0n) is 7.83.